The highest BCUT2D eigenvalue weighted by Crippen LogP contribution is 2.27. The Balaban J connectivity index is 2.43. The summed E-state index contributed by atoms with van der Waals surface area (Å²) >= 11 is 0. The van der Waals surface area contributed by atoms with Gasteiger partial charge in [-0.2, -0.15) is 0 Å². The standard InChI is InChI=1S/C62H123N3O3/c1-5-9-13-17-21-25-35-43-53-64(54-44-36-26-22-18-14-10-6-2)61(67)47-39-31-29-33-41-51-63(58-59-49-50-60(66)57-59)52-42-34-30-32-40-48-62(68)65(55-45-37-27-23-19-15-11-7-3)56-46-38-28-24-20-16-12-8-4/h59-60,66H,5-58H2,1-4H3/t59-,60+/m0/s1. The molecule has 0 aromatic rings. The van der Waals surface area contributed by atoms with E-state index in [1.165, 1.54) is 276 Å². The lowest BCUT2D eigenvalue weighted by Crippen LogP contribution is -2.32. The van der Waals surface area contributed by atoms with Crippen molar-refractivity contribution in [2.24, 2.45) is 5.92 Å². The summed E-state index contributed by atoms with van der Waals surface area (Å²) < 4.78 is 0. The molecule has 0 aliphatic heterocycles. The Labute approximate surface area is 426 Å². The van der Waals surface area contributed by atoms with Crippen LogP contribution in [0, 0.1) is 5.92 Å². The van der Waals surface area contributed by atoms with Crippen molar-refractivity contribution in [3.8, 4) is 0 Å². The zero-order valence-corrected chi connectivity index (χ0v) is 46.9. The average molecular weight is 959 g/mol. The van der Waals surface area contributed by atoms with Gasteiger partial charge in [0.05, 0.1) is 6.10 Å². The third kappa shape index (κ3) is 41.5. The van der Waals surface area contributed by atoms with Gasteiger partial charge in [-0.15, -0.1) is 0 Å². The van der Waals surface area contributed by atoms with Gasteiger partial charge < -0.3 is 19.8 Å². The minimum atomic E-state index is -0.0969. The predicted octanol–water partition coefficient (Wildman–Crippen LogP) is 18.4. The molecule has 0 spiro atoms. The maximum absolute atomic E-state index is 13.5. The molecule has 1 rings (SSSR count). The smallest absolute Gasteiger partial charge is 0.222 e. The van der Waals surface area contributed by atoms with Crippen LogP contribution in [0.2, 0.25) is 0 Å². The Bertz CT molecular complexity index is 944. The molecule has 0 aromatic carbocycles. The van der Waals surface area contributed by atoms with Gasteiger partial charge in [-0.25, -0.2) is 0 Å². The van der Waals surface area contributed by atoms with Crippen molar-refractivity contribution in [3.63, 3.8) is 0 Å². The molecule has 6 heteroatoms. The maximum atomic E-state index is 13.5. The van der Waals surface area contributed by atoms with Crippen LogP contribution in [-0.4, -0.2) is 83.5 Å². The summed E-state index contributed by atoms with van der Waals surface area (Å²) in [5.74, 6) is 1.47. The molecule has 0 heterocycles. The third-order valence-corrected chi connectivity index (χ3v) is 15.6. The number of unbranched alkanes of at least 4 members (excludes halogenated alkanes) is 36. The first kappa shape index (κ1) is 64.9. The Kier molecular flexibility index (Phi) is 48.5. The molecular weight excluding hydrogens is 835 g/mol. The molecule has 0 unspecified atom stereocenters. The highest BCUT2D eigenvalue weighted by Gasteiger charge is 2.24. The molecule has 2 atom stereocenters. The SMILES string of the molecule is CCCCCCCCCCN(CCCCCCCCCC)C(=O)CCCCCCCN(CCCCCCCC(=O)N(CCCCCCCCCC)CCCCCCCCCC)C[C@H]1CC[C@@H](O)C1. The van der Waals surface area contributed by atoms with E-state index in [2.05, 4.69) is 42.4 Å². The summed E-state index contributed by atoms with van der Waals surface area (Å²) in [5.41, 5.74) is 0. The zero-order chi connectivity index (χ0) is 49.2. The Morgan fingerprint density at radius 3 is 0.853 bits per heavy atom. The van der Waals surface area contributed by atoms with Crippen molar-refractivity contribution in [2.45, 2.75) is 336 Å². The Morgan fingerprint density at radius 1 is 0.338 bits per heavy atom. The van der Waals surface area contributed by atoms with E-state index in [9.17, 15) is 14.7 Å². The van der Waals surface area contributed by atoms with Gasteiger partial charge in [0.15, 0.2) is 0 Å². The molecule has 404 valence electrons. The number of nitrogens with zero attached hydrogens (tertiary/aromatic N) is 3. The summed E-state index contributed by atoms with van der Waals surface area (Å²) in [4.78, 5) is 34.2. The molecule has 2 amide bonds. The normalized spacial score (nSPS) is 15.0. The lowest BCUT2D eigenvalue weighted by Gasteiger charge is -2.26. The number of hydrogen-bond donors (Lipinski definition) is 1. The van der Waals surface area contributed by atoms with Gasteiger partial charge >= 0.3 is 0 Å². The zero-order valence-electron chi connectivity index (χ0n) is 46.9. The minimum Gasteiger partial charge on any atom is -0.393 e. The number of hydrogen-bond acceptors (Lipinski definition) is 4. The van der Waals surface area contributed by atoms with E-state index in [1.54, 1.807) is 0 Å². The second-order valence-electron chi connectivity index (χ2n) is 22.3. The van der Waals surface area contributed by atoms with Crippen molar-refractivity contribution in [2.75, 3.05) is 45.8 Å². The first-order valence-electron chi connectivity index (χ1n) is 31.4. The summed E-state index contributed by atoms with van der Waals surface area (Å²) in [6, 6.07) is 0. The van der Waals surface area contributed by atoms with E-state index in [0.717, 1.165) is 71.2 Å². The third-order valence-electron chi connectivity index (χ3n) is 15.6. The van der Waals surface area contributed by atoms with Crippen LogP contribution in [0.25, 0.3) is 0 Å². The van der Waals surface area contributed by atoms with Gasteiger partial charge in [0.25, 0.3) is 0 Å². The molecule has 0 aromatic heterocycles. The minimum absolute atomic E-state index is 0.0969. The number of carbonyl (C=O) groups excluding carboxylic acids is 2. The summed E-state index contributed by atoms with van der Waals surface area (Å²) in [5, 5.41) is 10.3. The van der Waals surface area contributed by atoms with Crippen LogP contribution in [-0.2, 0) is 9.59 Å². The quantitative estimate of drug-likeness (QED) is 0.0617. The number of carbonyl (C=O) groups is 2. The molecule has 1 fully saturated rings. The number of amides is 2. The van der Waals surface area contributed by atoms with Crippen molar-refractivity contribution in [3.05, 3.63) is 0 Å². The highest BCUT2D eigenvalue weighted by atomic mass is 16.3. The van der Waals surface area contributed by atoms with Crippen molar-refractivity contribution in [1.29, 1.82) is 0 Å². The van der Waals surface area contributed by atoms with E-state index >= 15 is 0 Å². The molecule has 68 heavy (non-hydrogen) atoms. The lowest BCUT2D eigenvalue weighted by atomic mass is 10.1. The Hall–Kier alpha value is -1.14. The van der Waals surface area contributed by atoms with E-state index in [0.29, 0.717) is 17.7 Å². The van der Waals surface area contributed by atoms with Crippen molar-refractivity contribution >= 4 is 11.8 Å². The molecule has 1 aliphatic carbocycles. The van der Waals surface area contributed by atoms with Crippen LogP contribution in [0.15, 0.2) is 0 Å². The van der Waals surface area contributed by atoms with Crippen LogP contribution in [0.4, 0.5) is 0 Å². The van der Waals surface area contributed by atoms with Gasteiger partial charge in [0, 0.05) is 45.6 Å². The topological polar surface area (TPSA) is 64.1 Å². The molecule has 0 bridgehead atoms. The largest absolute Gasteiger partial charge is 0.393 e. The van der Waals surface area contributed by atoms with Crippen LogP contribution in [0.5, 0.6) is 0 Å². The first-order chi connectivity index (χ1) is 33.4. The molecule has 6 nitrogen and oxygen atoms in total. The van der Waals surface area contributed by atoms with Crippen molar-refractivity contribution < 1.29 is 14.7 Å². The second-order valence-corrected chi connectivity index (χ2v) is 22.3. The monoisotopic (exact) mass is 958 g/mol. The van der Waals surface area contributed by atoms with Gasteiger partial charge in [0.1, 0.15) is 0 Å². The number of rotatable bonds is 54. The number of aliphatic hydroxyl groups excluding tert-OH is 1. The summed E-state index contributed by atoms with van der Waals surface area (Å²) in [6.45, 7) is 16.5. The predicted molar refractivity (Wildman–Crippen MR) is 299 cm³/mol. The van der Waals surface area contributed by atoms with E-state index in [-0.39, 0.29) is 6.10 Å². The first-order valence-corrected chi connectivity index (χ1v) is 31.4. The van der Waals surface area contributed by atoms with E-state index < -0.39 is 0 Å². The van der Waals surface area contributed by atoms with Crippen LogP contribution < -0.4 is 0 Å². The fourth-order valence-corrected chi connectivity index (χ4v) is 10.9. The van der Waals surface area contributed by atoms with Crippen LogP contribution in [0.1, 0.15) is 329 Å². The molecule has 0 saturated heterocycles. The molecule has 1 aliphatic rings. The van der Waals surface area contributed by atoms with Crippen molar-refractivity contribution in [1.82, 2.24) is 14.7 Å². The maximum Gasteiger partial charge on any atom is 0.222 e. The fraction of sp³-hybridized carbons (Fsp3) is 0.968. The lowest BCUT2D eigenvalue weighted by molar-refractivity contribution is -0.132. The molecule has 0 radical (unpaired) electrons. The number of aliphatic hydroxyl groups is 1. The molecule has 1 saturated carbocycles. The van der Waals surface area contributed by atoms with Gasteiger partial charge in [-0.05, 0) is 89.6 Å². The van der Waals surface area contributed by atoms with E-state index in [1.807, 2.05) is 0 Å². The average Bonchev–Trinajstić information content (AvgIpc) is 3.76. The summed E-state index contributed by atoms with van der Waals surface area (Å²) in [6.07, 6.45) is 58.6. The van der Waals surface area contributed by atoms with Gasteiger partial charge in [-0.3, -0.25) is 9.59 Å². The van der Waals surface area contributed by atoms with Gasteiger partial charge in [-0.1, -0.05) is 246 Å². The molecular formula is C62H123N3O3. The molecule has 1 N–H and O–H groups in total. The van der Waals surface area contributed by atoms with Crippen LogP contribution in [0.3, 0.4) is 0 Å². The Morgan fingerprint density at radius 2 is 0.588 bits per heavy atom. The highest BCUT2D eigenvalue weighted by molar-refractivity contribution is 5.76. The summed E-state index contributed by atoms with van der Waals surface area (Å²) in [7, 11) is 0. The van der Waals surface area contributed by atoms with Crippen LogP contribution >= 0.6 is 0 Å². The van der Waals surface area contributed by atoms with E-state index in [4.69, 9.17) is 0 Å². The second kappa shape index (κ2) is 50.8. The fourth-order valence-electron chi connectivity index (χ4n) is 10.9. The van der Waals surface area contributed by atoms with Gasteiger partial charge in [0.2, 0.25) is 11.8 Å².